The molecule has 0 amide bonds. The Morgan fingerprint density at radius 2 is 2.06 bits per heavy atom. The molecule has 94 valence electrons. The number of hydrogen-bond donors (Lipinski definition) is 1. The summed E-state index contributed by atoms with van der Waals surface area (Å²) < 4.78 is 37.2. The van der Waals surface area contributed by atoms with Gasteiger partial charge in [0, 0.05) is 24.2 Å². The van der Waals surface area contributed by atoms with Gasteiger partial charge in [-0.1, -0.05) is 0 Å². The molecule has 0 atom stereocenters. The Morgan fingerprint density at radius 3 is 2.61 bits per heavy atom. The van der Waals surface area contributed by atoms with Crippen LogP contribution in [0.25, 0.3) is 10.4 Å². The SMILES string of the molecule is O=C(O)c1ccncc1-c1cnc(C(F)(F)F)s1. The molecule has 2 rings (SSSR count). The second-order valence-corrected chi connectivity index (χ2v) is 4.28. The van der Waals surface area contributed by atoms with E-state index < -0.39 is 17.2 Å². The Bertz CT molecular complexity index is 595. The van der Waals surface area contributed by atoms with E-state index in [-0.39, 0.29) is 16.0 Å². The third-order valence-corrected chi connectivity index (χ3v) is 3.14. The molecule has 0 saturated carbocycles. The highest BCUT2D eigenvalue weighted by atomic mass is 32.1. The fourth-order valence-electron chi connectivity index (χ4n) is 1.31. The number of carboxylic acid groups (broad SMARTS) is 1. The first-order chi connectivity index (χ1) is 8.39. The molecular weight excluding hydrogens is 269 g/mol. The number of carboxylic acids is 1. The lowest BCUT2D eigenvalue weighted by molar-refractivity contribution is -0.137. The van der Waals surface area contributed by atoms with Crippen molar-refractivity contribution < 1.29 is 23.1 Å². The Kier molecular flexibility index (Phi) is 3.04. The van der Waals surface area contributed by atoms with Crippen LogP contribution in [0.4, 0.5) is 13.2 Å². The van der Waals surface area contributed by atoms with Gasteiger partial charge >= 0.3 is 12.1 Å². The minimum atomic E-state index is -4.53. The lowest BCUT2D eigenvalue weighted by atomic mass is 10.1. The Hall–Kier alpha value is -1.96. The van der Waals surface area contributed by atoms with Crippen molar-refractivity contribution in [2.45, 2.75) is 6.18 Å². The van der Waals surface area contributed by atoms with E-state index in [1.165, 1.54) is 18.5 Å². The number of aromatic nitrogens is 2. The van der Waals surface area contributed by atoms with Crippen LogP contribution in [0.3, 0.4) is 0 Å². The number of pyridine rings is 1. The number of rotatable bonds is 2. The number of hydrogen-bond acceptors (Lipinski definition) is 4. The van der Waals surface area contributed by atoms with Crippen molar-refractivity contribution in [3.63, 3.8) is 0 Å². The van der Waals surface area contributed by atoms with E-state index in [1.807, 2.05) is 0 Å². The number of carbonyl (C=O) groups is 1. The second-order valence-electron chi connectivity index (χ2n) is 3.25. The van der Waals surface area contributed by atoms with Gasteiger partial charge in [0.25, 0.3) is 0 Å². The third-order valence-electron chi connectivity index (χ3n) is 2.07. The van der Waals surface area contributed by atoms with Crippen molar-refractivity contribution in [3.8, 4) is 10.4 Å². The van der Waals surface area contributed by atoms with Gasteiger partial charge in [-0.15, -0.1) is 11.3 Å². The van der Waals surface area contributed by atoms with Crippen molar-refractivity contribution in [1.29, 1.82) is 0 Å². The van der Waals surface area contributed by atoms with Gasteiger partial charge in [-0.3, -0.25) is 4.98 Å². The predicted molar refractivity (Wildman–Crippen MR) is 57.3 cm³/mol. The average molecular weight is 274 g/mol. The normalized spacial score (nSPS) is 11.5. The zero-order chi connectivity index (χ0) is 13.3. The smallest absolute Gasteiger partial charge is 0.443 e. The molecule has 18 heavy (non-hydrogen) atoms. The van der Waals surface area contributed by atoms with Gasteiger partial charge < -0.3 is 5.11 Å². The van der Waals surface area contributed by atoms with Crippen LogP contribution in [-0.2, 0) is 6.18 Å². The van der Waals surface area contributed by atoms with E-state index in [0.717, 1.165) is 6.20 Å². The Balaban J connectivity index is 2.50. The van der Waals surface area contributed by atoms with Gasteiger partial charge in [-0.25, -0.2) is 9.78 Å². The summed E-state index contributed by atoms with van der Waals surface area (Å²) in [5.41, 5.74) is 0.0142. The van der Waals surface area contributed by atoms with Crippen molar-refractivity contribution in [1.82, 2.24) is 9.97 Å². The summed E-state index contributed by atoms with van der Waals surface area (Å²) in [4.78, 5) is 18.0. The number of thiazole rings is 1. The third kappa shape index (κ3) is 2.33. The second kappa shape index (κ2) is 4.37. The molecule has 0 aliphatic rings. The zero-order valence-electron chi connectivity index (χ0n) is 8.60. The van der Waals surface area contributed by atoms with E-state index in [9.17, 15) is 18.0 Å². The standard InChI is InChI=1S/C10H5F3N2O2S/c11-10(12,13)9-15-4-7(18-9)6-3-14-2-1-5(6)8(16)17/h1-4H,(H,16,17). The van der Waals surface area contributed by atoms with Crippen molar-refractivity contribution >= 4 is 17.3 Å². The molecular formula is C10H5F3N2O2S. The molecule has 2 heterocycles. The molecule has 0 aromatic carbocycles. The fourth-order valence-corrected chi connectivity index (χ4v) is 2.11. The Morgan fingerprint density at radius 1 is 1.33 bits per heavy atom. The monoisotopic (exact) mass is 274 g/mol. The minimum absolute atomic E-state index is 0.109. The van der Waals surface area contributed by atoms with Crippen LogP contribution in [0.1, 0.15) is 15.4 Å². The van der Waals surface area contributed by atoms with Gasteiger partial charge in [0.2, 0.25) is 0 Å². The summed E-state index contributed by atoms with van der Waals surface area (Å²) in [6.45, 7) is 0. The van der Waals surface area contributed by atoms with Gasteiger partial charge in [0.15, 0.2) is 5.01 Å². The van der Waals surface area contributed by atoms with Crippen LogP contribution >= 0.6 is 11.3 Å². The van der Waals surface area contributed by atoms with Crippen LogP contribution in [0.15, 0.2) is 24.7 Å². The summed E-state index contributed by atoms with van der Waals surface area (Å²) in [7, 11) is 0. The maximum atomic E-state index is 12.4. The first-order valence-electron chi connectivity index (χ1n) is 4.60. The lowest BCUT2D eigenvalue weighted by Crippen LogP contribution is -2.02. The van der Waals surface area contributed by atoms with Crippen LogP contribution < -0.4 is 0 Å². The first-order valence-corrected chi connectivity index (χ1v) is 5.42. The minimum Gasteiger partial charge on any atom is -0.478 e. The van der Waals surface area contributed by atoms with Gasteiger partial charge in [0.05, 0.1) is 10.4 Å². The predicted octanol–water partition coefficient (Wildman–Crippen LogP) is 2.92. The molecule has 2 aromatic heterocycles. The molecule has 0 fully saturated rings. The molecule has 0 radical (unpaired) electrons. The lowest BCUT2D eigenvalue weighted by Gasteiger charge is -2.02. The molecule has 4 nitrogen and oxygen atoms in total. The van der Waals surface area contributed by atoms with E-state index in [0.29, 0.717) is 11.3 Å². The van der Waals surface area contributed by atoms with E-state index >= 15 is 0 Å². The highest BCUT2D eigenvalue weighted by Crippen LogP contribution is 2.36. The zero-order valence-corrected chi connectivity index (χ0v) is 9.42. The number of halogens is 3. The maximum absolute atomic E-state index is 12.4. The van der Waals surface area contributed by atoms with Crippen molar-refractivity contribution in [2.75, 3.05) is 0 Å². The van der Waals surface area contributed by atoms with E-state index in [1.54, 1.807) is 0 Å². The number of aromatic carboxylic acids is 1. The van der Waals surface area contributed by atoms with E-state index in [4.69, 9.17) is 5.11 Å². The van der Waals surface area contributed by atoms with Crippen LogP contribution in [0.5, 0.6) is 0 Å². The molecule has 0 bridgehead atoms. The van der Waals surface area contributed by atoms with Gasteiger partial charge in [0.1, 0.15) is 0 Å². The Labute approximate surface area is 103 Å². The van der Waals surface area contributed by atoms with Crippen molar-refractivity contribution in [2.24, 2.45) is 0 Å². The molecule has 8 heteroatoms. The summed E-state index contributed by atoms with van der Waals surface area (Å²) in [5.74, 6) is -1.23. The van der Waals surface area contributed by atoms with Crippen LogP contribution in [0, 0.1) is 0 Å². The first kappa shape index (κ1) is 12.5. The molecule has 0 unspecified atom stereocenters. The van der Waals surface area contributed by atoms with Gasteiger partial charge in [-0.2, -0.15) is 13.2 Å². The topological polar surface area (TPSA) is 63.1 Å². The number of alkyl halides is 3. The van der Waals surface area contributed by atoms with Crippen LogP contribution in [0.2, 0.25) is 0 Å². The number of nitrogens with zero attached hydrogens (tertiary/aromatic N) is 2. The average Bonchev–Trinajstić information content (AvgIpc) is 2.77. The quantitative estimate of drug-likeness (QED) is 0.914. The van der Waals surface area contributed by atoms with Gasteiger partial charge in [-0.05, 0) is 6.07 Å². The summed E-state index contributed by atoms with van der Waals surface area (Å²) in [6.07, 6.45) is -1.07. The van der Waals surface area contributed by atoms with E-state index in [2.05, 4.69) is 9.97 Å². The summed E-state index contributed by atoms with van der Waals surface area (Å²) in [5, 5.41) is 7.91. The molecule has 0 aliphatic heterocycles. The summed E-state index contributed by atoms with van der Waals surface area (Å²) >= 11 is 0.385. The van der Waals surface area contributed by atoms with Crippen molar-refractivity contribution in [3.05, 3.63) is 35.2 Å². The fraction of sp³-hybridized carbons (Fsp3) is 0.100. The molecule has 1 N–H and O–H groups in total. The molecule has 0 saturated heterocycles. The largest absolute Gasteiger partial charge is 0.478 e. The highest BCUT2D eigenvalue weighted by molar-refractivity contribution is 7.15. The molecule has 0 spiro atoms. The summed E-state index contributed by atoms with van der Waals surface area (Å²) in [6, 6.07) is 1.23. The molecule has 2 aromatic rings. The maximum Gasteiger partial charge on any atom is 0.443 e. The molecule has 0 aliphatic carbocycles. The highest BCUT2D eigenvalue weighted by Gasteiger charge is 2.35. The van der Waals surface area contributed by atoms with Crippen LogP contribution in [-0.4, -0.2) is 21.0 Å².